The van der Waals surface area contributed by atoms with Gasteiger partial charge in [0.05, 0.1) is 12.2 Å². The minimum Gasteiger partial charge on any atom is -0.741 e. The highest BCUT2D eigenvalue weighted by Gasteiger charge is 2.37. The number of carbonyl (C=O) groups excluding carboxylic acids is 1. The van der Waals surface area contributed by atoms with E-state index < -0.39 is 21.2 Å². The van der Waals surface area contributed by atoms with Crippen molar-refractivity contribution in [1.29, 1.82) is 0 Å². The molecule has 0 unspecified atom stereocenters. The molecular formula is C27H29F3N2O6S2. The molecule has 40 heavy (non-hydrogen) atoms. The summed E-state index contributed by atoms with van der Waals surface area (Å²) in [7, 11) is -6.37. The summed E-state index contributed by atoms with van der Waals surface area (Å²) in [5.74, 6) is 0.703. The topological polar surface area (TPSA) is 109 Å². The molecule has 1 aliphatic rings. The molecule has 0 bridgehead atoms. The van der Waals surface area contributed by atoms with Gasteiger partial charge in [0, 0.05) is 12.6 Å². The van der Waals surface area contributed by atoms with E-state index in [0.29, 0.717) is 18.9 Å². The largest absolute Gasteiger partial charge is 0.741 e. The van der Waals surface area contributed by atoms with E-state index in [1.807, 2.05) is 45.0 Å². The third-order valence-electron chi connectivity index (χ3n) is 5.37. The molecule has 3 aromatic rings. The number of hydrogen-bond acceptors (Lipinski definition) is 7. The van der Waals surface area contributed by atoms with E-state index in [2.05, 4.69) is 48.5 Å². The molecule has 1 aliphatic heterocycles. The monoisotopic (exact) mass is 598 g/mol. The summed E-state index contributed by atoms with van der Waals surface area (Å²) in [5.41, 5.74) is -6.14. The van der Waals surface area contributed by atoms with Crippen LogP contribution in [0, 0.1) is 0 Å². The fraction of sp³-hybridized carbons (Fsp3) is 0.333. The molecule has 2 aromatic carbocycles. The van der Waals surface area contributed by atoms with E-state index in [0.717, 1.165) is 11.4 Å². The van der Waals surface area contributed by atoms with Crippen molar-refractivity contribution in [3.63, 3.8) is 0 Å². The third-order valence-corrected chi connectivity index (χ3v) is 8.09. The minimum atomic E-state index is -6.09. The Morgan fingerprint density at radius 3 is 1.90 bits per heavy atom. The first-order valence-corrected chi connectivity index (χ1v) is 14.7. The summed E-state index contributed by atoms with van der Waals surface area (Å²) >= 11 is 0. The molecule has 1 amide bonds. The maximum absolute atomic E-state index is 12.3. The summed E-state index contributed by atoms with van der Waals surface area (Å²) in [6.07, 6.45) is 2.41. The van der Waals surface area contributed by atoms with Gasteiger partial charge in [0.15, 0.2) is 19.9 Å². The van der Waals surface area contributed by atoms with Crippen LogP contribution in [-0.2, 0) is 25.7 Å². The number of amides is 1. The highest BCUT2D eigenvalue weighted by atomic mass is 32.2. The molecule has 1 saturated heterocycles. The number of nitrogens with zero attached hydrogens (tertiary/aromatic N) is 2. The molecular weight excluding hydrogens is 569 g/mol. The van der Waals surface area contributed by atoms with Crippen LogP contribution in [0.3, 0.4) is 0 Å². The highest BCUT2D eigenvalue weighted by Crippen LogP contribution is 2.30. The zero-order valence-electron chi connectivity index (χ0n) is 22.0. The van der Waals surface area contributed by atoms with Crippen molar-refractivity contribution < 1.29 is 40.4 Å². The van der Waals surface area contributed by atoms with Crippen molar-refractivity contribution >= 4 is 27.1 Å². The summed E-state index contributed by atoms with van der Waals surface area (Å²) < 4.78 is 70.3. The first-order chi connectivity index (χ1) is 18.7. The summed E-state index contributed by atoms with van der Waals surface area (Å²) in [6.45, 7) is 6.77. The van der Waals surface area contributed by atoms with E-state index in [9.17, 15) is 18.0 Å². The van der Waals surface area contributed by atoms with E-state index in [4.69, 9.17) is 27.4 Å². The van der Waals surface area contributed by atoms with Crippen LogP contribution in [0.4, 0.5) is 18.0 Å². The maximum Gasteiger partial charge on any atom is 0.485 e. The Morgan fingerprint density at radius 2 is 1.52 bits per heavy atom. The Labute approximate surface area is 234 Å². The molecule has 1 fully saturated rings. The zero-order valence-corrected chi connectivity index (χ0v) is 23.6. The van der Waals surface area contributed by atoms with Gasteiger partial charge in [-0.3, -0.25) is 0 Å². The smallest absolute Gasteiger partial charge is 0.485 e. The lowest BCUT2D eigenvalue weighted by Crippen LogP contribution is -2.55. The molecule has 0 radical (unpaired) electrons. The van der Waals surface area contributed by atoms with Gasteiger partial charge in [0.25, 0.3) is 5.03 Å². The molecule has 0 aliphatic carbocycles. The second-order valence-electron chi connectivity index (χ2n) is 9.59. The van der Waals surface area contributed by atoms with Crippen molar-refractivity contribution in [3.8, 4) is 5.75 Å². The molecule has 0 saturated carbocycles. The predicted octanol–water partition coefficient (Wildman–Crippen LogP) is 5.62. The first kappa shape index (κ1) is 31.2. The summed E-state index contributed by atoms with van der Waals surface area (Å²) in [4.78, 5) is 21.2. The van der Waals surface area contributed by atoms with Crippen LogP contribution >= 0.6 is 0 Å². The second kappa shape index (κ2) is 12.9. The molecule has 1 aromatic heterocycles. The van der Waals surface area contributed by atoms with Gasteiger partial charge in [-0.2, -0.15) is 13.2 Å². The fourth-order valence-electron chi connectivity index (χ4n) is 3.43. The van der Waals surface area contributed by atoms with Gasteiger partial charge in [-0.25, -0.2) is 18.2 Å². The third kappa shape index (κ3) is 8.86. The number of ether oxygens (including phenoxy) is 2. The molecule has 8 nitrogen and oxygen atoms in total. The van der Waals surface area contributed by atoms with Crippen molar-refractivity contribution in [1.82, 2.24) is 9.88 Å². The van der Waals surface area contributed by atoms with Gasteiger partial charge in [0.2, 0.25) is 0 Å². The van der Waals surface area contributed by atoms with Crippen LogP contribution in [0.2, 0.25) is 0 Å². The molecule has 216 valence electrons. The van der Waals surface area contributed by atoms with Gasteiger partial charge in [-0.1, -0.05) is 36.4 Å². The molecule has 1 atom stereocenters. The van der Waals surface area contributed by atoms with Gasteiger partial charge >= 0.3 is 11.6 Å². The minimum absolute atomic E-state index is 0.0350. The van der Waals surface area contributed by atoms with Gasteiger partial charge in [-0.15, -0.1) is 0 Å². The quantitative estimate of drug-likeness (QED) is 0.206. The van der Waals surface area contributed by atoms with Crippen LogP contribution in [0.5, 0.6) is 5.75 Å². The molecule has 4 rings (SSSR count). The maximum atomic E-state index is 12.3. The number of likely N-dealkylation sites (tertiary alicyclic amines) is 1. The predicted molar refractivity (Wildman–Crippen MR) is 142 cm³/mol. The first-order valence-electron chi connectivity index (χ1n) is 12.1. The number of pyridine rings is 1. The van der Waals surface area contributed by atoms with Crippen LogP contribution in [-0.4, -0.2) is 59.3 Å². The number of hydrogen-bond donors (Lipinski definition) is 0. The lowest BCUT2D eigenvalue weighted by Gasteiger charge is -2.40. The molecule has 2 heterocycles. The molecule has 0 N–H and O–H groups in total. The summed E-state index contributed by atoms with van der Waals surface area (Å²) in [6, 6.07) is 24.9. The molecule has 13 heteroatoms. The summed E-state index contributed by atoms with van der Waals surface area (Å²) in [5, 5.41) is 0.994. The average molecular weight is 599 g/mol. The normalized spacial score (nSPS) is 15.5. The number of benzene rings is 2. The van der Waals surface area contributed by atoms with Crippen LogP contribution in [0.1, 0.15) is 27.2 Å². The number of aromatic nitrogens is 1. The highest BCUT2D eigenvalue weighted by molar-refractivity contribution is 7.97. The standard InChI is InChI=1S/C26H29N2O3S.CHF3O3S/c1-26(2,3)31-25(29)28-17-16-20(28)19-30-21-14-15-24(27-18-21)32(22-10-6-4-7-11-22)23-12-8-5-9-13-23;2-1(3,4)8(5,6)7/h4-15,18,20H,16-17,19H2,1-3H3;(H,5,6,7)/q+1;/p-1/t20-;/m0./s1. The van der Waals surface area contributed by atoms with E-state index >= 15 is 0 Å². The average Bonchev–Trinajstić information content (AvgIpc) is 2.84. The van der Waals surface area contributed by atoms with Crippen molar-refractivity contribution in [2.24, 2.45) is 0 Å². The lowest BCUT2D eigenvalue weighted by atomic mass is 10.1. The Balaban J connectivity index is 0.000000482. The van der Waals surface area contributed by atoms with Crippen LogP contribution in [0.15, 0.2) is 93.8 Å². The second-order valence-corrected chi connectivity index (χ2v) is 12.9. The van der Waals surface area contributed by atoms with Gasteiger partial charge in [0.1, 0.15) is 28.9 Å². The van der Waals surface area contributed by atoms with Crippen LogP contribution in [0.25, 0.3) is 0 Å². The zero-order chi connectivity index (χ0) is 29.6. The Morgan fingerprint density at radius 1 is 1.00 bits per heavy atom. The van der Waals surface area contributed by atoms with Crippen molar-refractivity contribution in [2.75, 3.05) is 13.2 Å². The van der Waals surface area contributed by atoms with Gasteiger partial charge in [-0.05, 0) is 57.5 Å². The van der Waals surface area contributed by atoms with Crippen molar-refractivity contribution in [3.05, 3.63) is 79.0 Å². The number of carbonyl (C=O) groups is 1. The van der Waals surface area contributed by atoms with Crippen molar-refractivity contribution in [2.45, 2.75) is 59.2 Å². The number of halogens is 3. The van der Waals surface area contributed by atoms with E-state index in [1.54, 1.807) is 11.1 Å². The Hall–Kier alpha value is -3.29. The Kier molecular flexibility index (Phi) is 10.1. The SMILES string of the molecule is CC(C)(C)OC(=O)N1CC[C@H]1COc1ccc([S+](c2ccccc2)c2ccccc2)nc1.O=S(=O)([O-])C(F)(F)F. The number of alkyl halides is 3. The van der Waals surface area contributed by atoms with Gasteiger partial charge < -0.3 is 18.9 Å². The van der Waals surface area contributed by atoms with Crippen LogP contribution < -0.4 is 4.74 Å². The van der Waals surface area contributed by atoms with E-state index in [1.165, 1.54) is 9.79 Å². The number of rotatable bonds is 6. The lowest BCUT2D eigenvalue weighted by molar-refractivity contribution is -0.0518. The van der Waals surface area contributed by atoms with E-state index in [-0.39, 0.29) is 23.0 Å². The Bertz CT molecular complexity index is 1310. The fourth-order valence-corrected chi connectivity index (χ4v) is 5.41. The molecule has 0 spiro atoms.